The molecule has 1 heterocycles. The molecule has 1 aromatic carbocycles. The van der Waals surface area contributed by atoms with Crippen LogP contribution in [0.1, 0.15) is 29.3 Å². The summed E-state index contributed by atoms with van der Waals surface area (Å²) >= 11 is 1.66. The van der Waals surface area contributed by atoms with Gasteiger partial charge in [-0.25, -0.2) is 4.98 Å². The summed E-state index contributed by atoms with van der Waals surface area (Å²) in [5.41, 5.74) is 3.07. The Kier molecular flexibility index (Phi) is 3.99. The third-order valence-electron chi connectivity index (χ3n) is 2.86. The quantitative estimate of drug-likeness (QED) is 0.919. The lowest BCUT2D eigenvalue weighted by molar-refractivity contribution is 0.199. The number of aryl methyl sites for hydroxylation is 1. The summed E-state index contributed by atoms with van der Waals surface area (Å²) in [6, 6.07) is 7.93. The predicted octanol–water partition coefficient (Wildman–Crippen LogP) is 3.14. The number of aliphatic hydroxyl groups is 1. The van der Waals surface area contributed by atoms with Gasteiger partial charge in [-0.15, -0.1) is 11.3 Å². The van der Waals surface area contributed by atoms with Crippen LogP contribution in [0.4, 0.5) is 5.69 Å². The Morgan fingerprint density at radius 1 is 1.39 bits per heavy atom. The highest BCUT2D eigenvalue weighted by Crippen LogP contribution is 2.26. The van der Waals surface area contributed by atoms with Crippen LogP contribution in [0.5, 0.6) is 0 Å². The Labute approximate surface area is 112 Å². The van der Waals surface area contributed by atoms with Crippen molar-refractivity contribution < 1.29 is 5.11 Å². The van der Waals surface area contributed by atoms with Crippen molar-refractivity contribution in [3.63, 3.8) is 0 Å². The van der Waals surface area contributed by atoms with E-state index in [1.54, 1.807) is 18.3 Å². The number of benzene rings is 1. The van der Waals surface area contributed by atoms with E-state index >= 15 is 0 Å². The minimum absolute atomic E-state index is 0.458. The molecule has 2 aromatic rings. The monoisotopic (exact) mass is 262 g/mol. The number of aromatic nitrogens is 1. The Morgan fingerprint density at radius 3 is 2.72 bits per heavy atom. The summed E-state index contributed by atoms with van der Waals surface area (Å²) < 4.78 is 0. The first-order valence-corrected chi connectivity index (χ1v) is 6.85. The van der Waals surface area contributed by atoms with Crippen molar-refractivity contribution >= 4 is 17.0 Å². The molecular formula is C14H18N2OS. The molecule has 0 aliphatic heterocycles. The Hall–Kier alpha value is -1.39. The third-order valence-corrected chi connectivity index (χ3v) is 3.69. The first kappa shape index (κ1) is 13.1. The van der Waals surface area contributed by atoms with Crippen LogP contribution in [-0.4, -0.2) is 17.1 Å². The fourth-order valence-electron chi connectivity index (χ4n) is 2.00. The number of nitrogens with zero attached hydrogens (tertiary/aromatic N) is 2. The van der Waals surface area contributed by atoms with E-state index in [1.807, 2.05) is 38.2 Å². The molecule has 4 heteroatoms. The van der Waals surface area contributed by atoms with E-state index in [4.69, 9.17) is 0 Å². The van der Waals surface area contributed by atoms with E-state index in [1.165, 1.54) is 0 Å². The molecule has 0 fully saturated rings. The van der Waals surface area contributed by atoms with Crippen molar-refractivity contribution in [2.24, 2.45) is 0 Å². The first-order valence-electron chi connectivity index (χ1n) is 5.97. The van der Waals surface area contributed by atoms with Crippen LogP contribution >= 0.6 is 11.3 Å². The molecule has 0 unspecified atom stereocenters. The van der Waals surface area contributed by atoms with Crippen molar-refractivity contribution in [2.45, 2.75) is 26.5 Å². The van der Waals surface area contributed by atoms with Crippen molar-refractivity contribution in [3.8, 4) is 0 Å². The molecule has 1 atom stereocenters. The van der Waals surface area contributed by atoms with Crippen LogP contribution in [0.2, 0.25) is 0 Å². The number of anilines is 1. The number of para-hydroxylation sites is 1. The number of hydrogen-bond acceptors (Lipinski definition) is 4. The Balaban J connectivity index is 2.20. The van der Waals surface area contributed by atoms with Crippen molar-refractivity contribution in [1.82, 2.24) is 4.98 Å². The summed E-state index contributed by atoms with van der Waals surface area (Å²) in [6.45, 7) is 4.56. The third kappa shape index (κ3) is 2.89. The summed E-state index contributed by atoms with van der Waals surface area (Å²) in [5, 5.41) is 12.9. The molecule has 0 bridgehead atoms. The average Bonchev–Trinajstić information content (AvgIpc) is 2.74. The van der Waals surface area contributed by atoms with E-state index in [2.05, 4.69) is 15.3 Å². The largest absolute Gasteiger partial charge is 0.389 e. The Morgan fingerprint density at radius 2 is 2.11 bits per heavy atom. The normalized spacial score (nSPS) is 12.4. The van der Waals surface area contributed by atoms with Crippen LogP contribution in [0.25, 0.3) is 0 Å². The van der Waals surface area contributed by atoms with Gasteiger partial charge in [0.2, 0.25) is 0 Å². The number of hydrogen-bond donors (Lipinski definition) is 1. The highest BCUT2D eigenvalue weighted by molar-refractivity contribution is 7.09. The molecule has 0 saturated heterocycles. The molecule has 0 spiro atoms. The summed E-state index contributed by atoms with van der Waals surface area (Å²) in [5.74, 6) is 0. The second-order valence-electron chi connectivity index (χ2n) is 4.45. The lowest BCUT2D eigenvalue weighted by Gasteiger charge is -2.22. The maximum absolute atomic E-state index is 9.78. The fourth-order valence-corrected chi connectivity index (χ4v) is 2.60. The molecule has 0 aliphatic rings. The number of rotatable bonds is 4. The van der Waals surface area contributed by atoms with Gasteiger partial charge >= 0.3 is 0 Å². The molecule has 0 saturated carbocycles. The zero-order valence-electron chi connectivity index (χ0n) is 10.9. The van der Waals surface area contributed by atoms with Gasteiger partial charge in [0, 0.05) is 23.7 Å². The second kappa shape index (κ2) is 5.50. The first-order chi connectivity index (χ1) is 8.58. The molecule has 0 aliphatic carbocycles. The van der Waals surface area contributed by atoms with E-state index < -0.39 is 6.10 Å². The highest BCUT2D eigenvalue weighted by atomic mass is 32.1. The Bertz CT molecular complexity index is 522. The van der Waals surface area contributed by atoms with E-state index in [0.717, 1.165) is 28.5 Å². The summed E-state index contributed by atoms with van der Waals surface area (Å²) in [4.78, 5) is 6.59. The van der Waals surface area contributed by atoms with Gasteiger partial charge in [-0.05, 0) is 19.9 Å². The van der Waals surface area contributed by atoms with Gasteiger partial charge in [-0.3, -0.25) is 0 Å². The summed E-state index contributed by atoms with van der Waals surface area (Å²) in [6.07, 6.45) is -0.458. The second-order valence-corrected chi connectivity index (χ2v) is 5.51. The summed E-state index contributed by atoms with van der Waals surface area (Å²) in [7, 11) is 2.02. The molecule has 2 rings (SSSR count). The van der Waals surface area contributed by atoms with Crippen molar-refractivity contribution in [1.29, 1.82) is 0 Å². The topological polar surface area (TPSA) is 36.4 Å². The molecule has 3 nitrogen and oxygen atoms in total. The molecule has 0 radical (unpaired) electrons. The van der Waals surface area contributed by atoms with Crippen LogP contribution in [0.15, 0.2) is 29.6 Å². The van der Waals surface area contributed by atoms with Gasteiger partial charge in [-0.2, -0.15) is 0 Å². The van der Waals surface area contributed by atoms with Gasteiger partial charge < -0.3 is 10.0 Å². The minimum atomic E-state index is -0.458. The van der Waals surface area contributed by atoms with Crippen molar-refractivity contribution in [2.75, 3.05) is 11.9 Å². The van der Waals surface area contributed by atoms with Gasteiger partial charge in [0.05, 0.1) is 23.4 Å². The molecule has 18 heavy (non-hydrogen) atoms. The number of aliphatic hydroxyl groups excluding tert-OH is 1. The maximum atomic E-state index is 9.78. The zero-order chi connectivity index (χ0) is 13.1. The van der Waals surface area contributed by atoms with Crippen LogP contribution in [0.3, 0.4) is 0 Å². The molecule has 1 aromatic heterocycles. The van der Waals surface area contributed by atoms with Gasteiger partial charge in [0.15, 0.2) is 0 Å². The average molecular weight is 262 g/mol. The highest BCUT2D eigenvalue weighted by Gasteiger charge is 2.12. The standard InChI is InChI=1S/C14H18N2OS/c1-10(17)13-6-4-5-7-14(13)16(3)8-12-9-18-11(2)15-12/h4-7,9-10,17H,8H2,1-3H3/t10-/m1/s1. The fraction of sp³-hybridized carbons (Fsp3) is 0.357. The van der Waals surface area contributed by atoms with E-state index in [9.17, 15) is 5.11 Å². The molecular weight excluding hydrogens is 244 g/mol. The van der Waals surface area contributed by atoms with Crippen molar-refractivity contribution in [3.05, 3.63) is 45.9 Å². The minimum Gasteiger partial charge on any atom is -0.389 e. The predicted molar refractivity (Wildman–Crippen MR) is 76.0 cm³/mol. The van der Waals surface area contributed by atoms with Crippen LogP contribution in [-0.2, 0) is 6.54 Å². The SMILES string of the molecule is Cc1nc(CN(C)c2ccccc2[C@@H](C)O)cs1. The van der Waals surface area contributed by atoms with E-state index in [0.29, 0.717) is 0 Å². The van der Waals surface area contributed by atoms with E-state index in [-0.39, 0.29) is 0 Å². The zero-order valence-corrected chi connectivity index (χ0v) is 11.7. The molecule has 1 N–H and O–H groups in total. The lowest BCUT2D eigenvalue weighted by Crippen LogP contribution is -2.18. The smallest absolute Gasteiger partial charge is 0.0898 e. The molecule has 0 amide bonds. The van der Waals surface area contributed by atoms with Gasteiger partial charge in [0.1, 0.15) is 0 Å². The van der Waals surface area contributed by atoms with Gasteiger partial charge in [-0.1, -0.05) is 18.2 Å². The van der Waals surface area contributed by atoms with Crippen LogP contribution in [0, 0.1) is 6.92 Å². The van der Waals surface area contributed by atoms with Gasteiger partial charge in [0.25, 0.3) is 0 Å². The number of thiazole rings is 1. The van der Waals surface area contributed by atoms with Crippen LogP contribution < -0.4 is 4.90 Å². The maximum Gasteiger partial charge on any atom is 0.0898 e. The molecule has 96 valence electrons. The lowest BCUT2D eigenvalue weighted by atomic mass is 10.1.